The van der Waals surface area contributed by atoms with Crippen molar-refractivity contribution in [2.24, 2.45) is 5.73 Å². The van der Waals surface area contributed by atoms with Gasteiger partial charge in [-0.05, 0) is 19.2 Å². The van der Waals surface area contributed by atoms with Gasteiger partial charge in [0.15, 0.2) is 11.5 Å². The summed E-state index contributed by atoms with van der Waals surface area (Å²) in [6.45, 7) is 1.97. The van der Waals surface area contributed by atoms with E-state index in [1.807, 2.05) is 13.2 Å². The highest BCUT2D eigenvalue weighted by atomic mass is 32.2. The van der Waals surface area contributed by atoms with Crippen molar-refractivity contribution in [1.29, 1.82) is 0 Å². The summed E-state index contributed by atoms with van der Waals surface area (Å²) in [5, 5.41) is 0. The Labute approximate surface area is 130 Å². The Morgan fingerprint density at radius 1 is 1.33 bits per heavy atom. The van der Waals surface area contributed by atoms with Crippen LogP contribution >= 0.6 is 11.8 Å². The summed E-state index contributed by atoms with van der Waals surface area (Å²) >= 11 is 1.58. The molecule has 3 N–H and O–H groups in total. The van der Waals surface area contributed by atoms with Gasteiger partial charge in [-0.1, -0.05) is 0 Å². The maximum absolute atomic E-state index is 12.4. The number of nitrogens with one attached hydrogen (secondary N) is 1. The third-order valence-electron chi connectivity index (χ3n) is 2.83. The Hall–Kier alpha value is -0.960. The molecule has 1 atom stereocenters. The first-order valence-corrected chi connectivity index (χ1v) is 9.23. The zero-order valence-electron chi connectivity index (χ0n) is 12.7. The average Bonchev–Trinajstić information content (AvgIpc) is 2.45. The molecule has 0 saturated carbocycles. The quantitative estimate of drug-likeness (QED) is 0.742. The van der Waals surface area contributed by atoms with E-state index < -0.39 is 10.0 Å². The van der Waals surface area contributed by atoms with E-state index in [2.05, 4.69) is 4.72 Å². The van der Waals surface area contributed by atoms with Gasteiger partial charge in [-0.2, -0.15) is 11.8 Å². The number of hydrogen-bond donors (Lipinski definition) is 2. The molecule has 21 heavy (non-hydrogen) atoms. The van der Waals surface area contributed by atoms with Crippen molar-refractivity contribution in [2.75, 3.05) is 26.2 Å². The number of methoxy groups -OCH3 is 2. The molecule has 1 aromatic rings. The maximum Gasteiger partial charge on any atom is 0.240 e. The van der Waals surface area contributed by atoms with Crippen molar-refractivity contribution in [2.45, 2.75) is 24.4 Å². The predicted octanol–water partition coefficient (Wildman–Crippen LogP) is 1.19. The van der Waals surface area contributed by atoms with E-state index in [4.69, 9.17) is 15.2 Å². The van der Waals surface area contributed by atoms with E-state index in [1.54, 1.807) is 11.8 Å². The lowest BCUT2D eigenvalue weighted by atomic mass is 10.2. The molecule has 0 saturated heterocycles. The Morgan fingerprint density at radius 3 is 2.48 bits per heavy atom. The minimum Gasteiger partial charge on any atom is -0.493 e. The molecule has 0 aliphatic rings. The summed E-state index contributed by atoms with van der Waals surface area (Å²) < 4.78 is 37.8. The van der Waals surface area contributed by atoms with Gasteiger partial charge in [-0.15, -0.1) is 0 Å². The number of thioether (sulfide) groups is 1. The number of ether oxygens (including phenoxy) is 2. The molecule has 1 aromatic carbocycles. The number of hydrogen-bond acceptors (Lipinski definition) is 6. The second-order valence-electron chi connectivity index (χ2n) is 4.50. The third kappa shape index (κ3) is 4.50. The lowest BCUT2D eigenvalue weighted by Gasteiger charge is -2.17. The van der Waals surface area contributed by atoms with Gasteiger partial charge in [0.05, 0.1) is 19.1 Å². The molecule has 0 bridgehead atoms. The van der Waals surface area contributed by atoms with Gasteiger partial charge in [-0.25, -0.2) is 13.1 Å². The standard InChI is InChI=1S/C13H22N2O4S2/c1-9(8-20-4)15-21(16,17)11-5-10(7-14)13(19-3)12(6-11)18-2/h5-6,9,15H,7-8,14H2,1-4H3. The fourth-order valence-corrected chi connectivity index (χ4v) is 3.94. The van der Waals surface area contributed by atoms with Crippen molar-refractivity contribution < 1.29 is 17.9 Å². The monoisotopic (exact) mass is 334 g/mol. The summed E-state index contributed by atoms with van der Waals surface area (Å²) in [6, 6.07) is 2.78. The first-order chi connectivity index (χ1) is 9.89. The zero-order chi connectivity index (χ0) is 16.0. The number of benzene rings is 1. The number of sulfonamides is 1. The minimum atomic E-state index is -3.63. The molecule has 8 heteroatoms. The molecular formula is C13H22N2O4S2. The Kier molecular flexibility index (Phi) is 6.79. The second-order valence-corrected chi connectivity index (χ2v) is 7.12. The summed E-state index contributed by atoms with van der Waals surface area (Å²) in [5.41, 5.74) is 6.24. The fraction of sp³-hybridized carbons (Fsp3) is 0.538. The fourth-order valence-electron chi connectivity index (χ4n) is 1.94. The molecule has 0 aromatic heterocycles. The summed E-state index contributed by atoms with van der Waals surface area (Å²) in [5.74, 6) is 1.49. The van der Waals surface area contributed by atoms with Crippen molar-refractivity contribution in [3.63, 3.8) is 0 Å². The van der Waals surface area contributed by atoms with Gasteiger partial charge >= 0.3 is 0 Å². The second kappa shape index (κ2) is 7.88. The summed E-state index contributed by atoms with van der Waals surface area (Å²) in [4.78, 5) is 0.119. The normalized spacial score (nSPS) is 13.0. The largest absolute Gasteiger partial charge is 0.493 e. The van der Waals surface area contributed by atoms with Crippen LogP contribution in [0.5, 0.6) is 11.5 Å². The van der Waals surface area contributed by atoms with Crippen LogP contribution in [0.1, 0.15) is 12.5 Å². The molecule has 120 valence electrons. The van der Waals surface area contributed by atoms with Crippen LogP contribution in [0.25, 0.3) is 0 Å². The van der Waals surface area contributed by atoms with Crippen LogP contribution in [-0.4, -0.2) is 40.7 Å². The summed E-state index contributed by atoms with van der Waals surface area (Å²) in [7, 11) is -0.680. The lowest BCUT2D eigenvalue weighted by molar-refractivity contribution is 0.350. The highest BCUT2D eigenvalue weighted by Crippen LogP contribution is 2.33. The van der Waals surface area contributed by atoms with E-state index in [0.29, 0.717) is 22.8 Å². The van der Waals surface area contributed by atoms with E-state index in [1.165, 1.54) is 26.4 Å². The smallest absolute Gasteiger partial charge is 0.240 e. The number of rotatable bonds is 8. The maximum atomic E-state index is 12.4. The van der Waals surface area contributed by atoms with Crippen molar-refractivity contribution in [1.82, 2.24) is 4.72 Å². The Morgan fingerprint density at radius 2 is 2.00 bits per heavy atom. The first-order valence-electron chi connectivity index (χ1n) is 6.35. The molecule has 0 amide bonds. The van der Waals surface area contributed by atoms with Gasteiger partial charge < -0.3 is 15.2 Å². The van der Waals surface area contributed by atoms with Gasteiger partial charge in [0.1, 0.15) is 0 Å². The van der Waals surface area contributed by atoms with Crippen molar-refractivity contribution >= 4 is 21.8 Å². The van der Waals surface area contributed by atoms with Crippen molar-refractivity contribution in [3.8, 4) is 11.5 Å². The lowest BCUT2D eigenvalue weighted by Crippen LogP contribution is -2.34. The molecule has 0 radical (unpaired) electrons. The van der Waals surface area contributed by atoms with Crippen LogP contribution in [-0.2, 0) is 16.6 Å². The average molecular weight is 334 g/mol. The minimum absolute atomic E-state index is 0.119. The van der Waals surface area contributed by atoms with E-state index in [-0.39, 0.29) is 17.5 Å². The Balaban J connectivity index is 3.23. The molecule has 0 heterocycles. The van der Waals surface area contributed by atoms with Gasteiger partial charge in [0, 0.05) is 30.0 Å². The highest BCUT2D eigenvalue weighted by Gasteiger charge is 2.21. The molecule has 6 nitrogen and oxygen atoms in total. The molecule has 1 rings (SSSR count). The van der Waals surface area contributed by atoms with Crippen molar-refractivity contribution in [3.05, 3.63) is 17.7 Å². The zero-order valence-corrected chi connectivity index (χ0v) is 14.3. The Bertz CT molecular complexity index is 551. The molecule has 0 aliphatic carbocycles. The van der Waals surface area contributed by atoms with Crippen LogP contribution in [0.2, 0.25) is 0 Å². The predicted molar refractivity (Wildman–Crippen MR) is 85.6 cm³/mol. The summed E-state index contributed by atoms with van der Waals surface area (Å²) in [6.07, 6.45) is 1.92. The van der Waals surface area contributed by atoms with Crippen LogP contribution < -0.4 is 19.9 Å². The topological polar surface area (TPSA) is 90.7 Å². The van der Waals surface area contributed by atoms with E-state index >= 15 is 0 Å². The van der Waals surface area contributed by atoms with Crippen LogP contribution in [0.4, 0.5) is 0 Å². The van der Waals surface area contributed by atoms with Gasteiger partial charge in [0.2, 0.25) is 10.0 Å². The van der Waals surface area contributed by atoms with Gasteiger partial charge in [-0.3, -0.25) is 0 Å². The first kappa shape index (κ1) is 18.1. The van der Waals surface area contributed by atoms with E-state index in [0.717, 1.165) is 0 Å². The van der Waals surface area contributed by atoms with Crippen LogP contribution in [0.3, 0.4) is 0 Å². The molecular weight excluding hydrogens is 312 g/mol. The van der Waals surface area contributed by atoms with Gasteiger partial charge in [0.25, 0.3) is 0 Å². The third-order valence-corrected chi connectivity index (χ3v) is 5.23. The molecule has 1 unspecified atom stereocenters. The van der Waals surface area contributed by atoms with E-state index in [9.17, 15) is 8.42 Å². The molecule has 0 fully saturated rings. The number of nitrogens with two attached hydrogens (primary N) is 1. The highest BCUT2D eigenvalue weighted by molar-refractivity contribution is 7.98. The molecule has 0 spiro atoms. The molecule has 0 aliphatic heterocycles. The SMILES string of the molecule is COc1cc(S(=O)(=O)NC(C)CSC)cc(CN)c1OC. The van der Waals surface area contributed by atoms with Crippen LogP contribution in [0, 0.1) is 0 Å². The van der Waals surface area contributed by atoms with Crippen LogP contribution in [0.15, 0.2) is 17.0 Å².